The molecule has 1 fully saturated rings. The molecule has 2 N–H and O–H groups in total. The smallest absolute Gasteiger partial charge is 0.241 e. The topological polar surface area (TPSA) is 66.8 Å². The molecule has 7 heteroatoms. The van der Waals surface area contributed by atoms with Crippen LogP contribution in [0.1, 0.15) is 44.2 Å². The van der Waals surface area contributed by atoms with Gasteiger partial charge in [0.25, 0.3) is 0 Å². The molecule has 2 aromatic rings. The molecular weight excluding hydrogens is 358 g/mol. The first-order valence-corrected chi connectivity index (χ1v) is 8.69. The van der Waals surface area contributed by atoms with Crippen LogP contribution in [0, 0.1) is 6.57 Å². The second kappa shape index (κ2) is 6.85. The second-order valence-electron chi connectivity index (χ2n) is 6.19. The molecule has 0 aliphatic heterocycles. The Morgan fingerprint density at radius 2 is 2.22 bits per heavy atom. The Morgan fingerprint density at radius 1 is 1.48 bits per heavy atom. The van der Waals surface area contributed by atoms with Gasteiger partial charge in [-0.2, -0.15) is 0 Å². The lowest BCUT2D eigenvalue weighted by atomic mass is 9.85. The zero-order valence-corrected chi connectivity index (χ0v) is 14.6. The fraction of sp³-hybridized carbons (Fsp3) is 0.562. The lowest BCUT2D eigenvalue weighted by Crippen LogP contribution is -2.21. The molecule has 122 valence electrons. The van der Waals surface area contributed by atoms with Gasteiger partial charge in [-0.25, -0.2) is 16.1 Å². The Hall–Kier alpha value is -1.65. The van der Waals surface area contributed by atoms with Crippen molar-refractivity contribution < 1.29 is 5.11 Å². The van der Waals surface area contributed by atoms with E-state index in [1.54, 1.807) is 6.20 Å². The normalized spacial score (nSPS) is 22.7. The van der Waals surface area contributed by atoms with Crippen LogP contribution in [-0.2, 0) is 0 Å². The molecule has 0 aromatic carbocycles. The van der Waals surface area contributed by atoms with Crippen molar-refractivity contribution >= 4 is 27.4 Å². The molecule has 0 bridgehead atoms. The Kier molecular flexibility index (Phi) is 4.83. The minimum Gasteiger partial charge on any atom is -0.393 e. The van der Waals surface area contributed by atoms with E-state index in [1.165, 1.54) is 0 Å². The van der Waals surface area contributed by atoms with Crippen LogP contribution >= 0.6 is 15.9 Å². The van der Waals surface area contributed by atoms with Crippen LogP contribution < -0.4 is 5.32 Å². The third kappa shape index (κ3) is 3.48. The molecule has 6 nitrogen and oxygen atoms in total. The highest BCUT2D eigenvalue weighted by Crippen LogP contribution is 2.36. The zero-order valence-electron chi connectivity index (χ0n) is 13.0. The highest BCUT2D eigenvalue weighted by atomic mass is 79.9. The molecule has 0 unspecified atom stereocenters. The molecule has 0 saturated heterocycles. The number of aliphatic hydroxyl groups excluding tert-OH is 1. The van der Waals surface area contributed by atoms with Crippen LogP contribution in [0.2, 0.25) is 0 Å². The fourth-order valence-electron chi connectivity index (χ4n) is 3.11. The summed E-state index contributed by atoms with van der Waals surface area (Å²) in [6, 6.07) is 2.12. The lowest BCUT2D eigenvalue weighted by Gasteiger charge is -2.25. The SMILES string of the molecule is [C-]#[N+]C[C@H](C)Nc1ncc2c(Br)cc(C3CCC(O)CC3)n2n1. The number of hydrogen-bond acceptors (Lipinski definition) is 4. The summed E-state index contributed by atoms with van der Waals surface area (Å²) < 4.78 is 2.92. The van der Waals surface area contributed by atoms with Gasteiger partial charge in [0.05, 0.1) is 23.9 Å². The lowest BCUT2D eigenvalue weighted by molar-refractivity contribution is 0.121. The molecule has 0 radical (unpaired) electrons. The number of anilines is 1. The first-order chi connectivity index (χ1) is 11.1. The molecule has 23 heavy (non-hydrogen) atoms. The fourth-order valence-corrected chi connectivity index (χ4v) is 3.61. The van der Waals surface area contributed by atoms with Crippen LogP contribution in [0.15, 0.2) is 16.7 Å². The van der Waals surface area contributed by atoms with Crippen molar-refractivity contribution in [2.45, 2.75) is 50.7 Å². The zero-order chi connectivity index (χ0) is 16.4. The van der Waals surface area contributed by atoms with Gasteiger partial charge >= 0.3 is 0 Å². The van der Waals surface area contributed by atoms with Crippen LogP contribution in [0.3, 0.4) is 0 Å². The number of aliphatic hydroxyl groups is 1. The van der Waals surface area contributed by atoms with Crippen molar-refractivity contribution in [2.75, 3.05) is 11.9 Å². The van der Waals surface area contributed by atoms with Gasteiger partial charge in [-0.3, -0.25) is 0 Å². The van der Waals surface area contributed by atoms with Crippen molar-refractivity contribution in [3.05, 3.63) is 33.8 Å². The molecular formula is C16H20BrN5O. The molecule has 1 aliphatic carbocycles. The van der Waals surface area contributed by atoms with Gasteiger partial charge in [0.1, 0.15) is 0 Å². The molecule has 1 atom stereocenters. The number of nitrogens with zero attached hydrogens (tertiary/aromatic N) is 4. The third-order valence-corrected chi connectivity index (χ3v) is 4.99. The van der Waals surface area contributed by atoms with E-state index in [2.05, 4.69) is 42.2 Å². The summed E-state index contributed by atoms with van der Waals surface area (Å²) in [6.45, 7) is 9.27. The largest absolute Gasteiger partial charge is 0.393 e. The highest BCUT2D eigenvalue weighted by Gasteiger charge is 2.24. The first kappa shape index (κ1) is 16.2. The predicted octanol–water partition coefficient (Wildman–Crippen LogP) is 3.23. The summed E-state index contributed by atoms with van der Waals surface area (Å²) in [5.74, 6) is 0.939. The van der Waals surface area contributed by atoms with Crippen LogP contribution in [0.25, 0.3) is 10.4 Å². The Labute approximate surface area is 143 Å². The van der Waals surface area contributed by atoms with Crippen molar-refractivity contribution in [3.8, 4) is 0 Å². The number of halogens is 1. The van der Waals surface area contributed by atoms with E-state index < -0.39 is 0 Å². The quantitative estimate of drug-likeness (QED) is 0.802. The minimum absolute atomic E-state index is 0.0113. The number of hydrogen-bond donors (Lipinski definition) is 2. The van der Waals surface area contributed by atoms with Gasteiger partial charge in [0, 0.05) is 16.1 Å². The average molecular weight is 378 g/mol. The summed E-state index contributed by atoms with van der Waals surface area (Å²) in [4.78, 5) is 7.73. The predicted molar refractivity (Wildman–Crippen MR) is 92.5 cm³/mol. The maximum absolute atomic E-state index is 9.71. The van der Waals surface area contributed by atoms with Gasteiger partial charge in [0.15, 0.2) is 0 Å². The summed E-state index contributed by atoms with van der Waals surface area (Å²) >= 11 is 3.59. The van der Waals surface area contributed by atoms with E-state index in [0.717, 1.165) is 41.4 Å². The molecule has 2 aromatic heterocycles. The van der Waals surface area contributed by atoms with Gasteiger partial charge in [-0.15, -0.1) is 5.10 Å². The van der Waals surface area contributed by atoms with Crippen molar-refractivity contribution in [1.82, 2.24) is 14.6 Å². The van der Waals surface area contributed by atoms with E-state index in [4.69, 9.17) is 6.57 Å². The summed E-state index contributed by atoms with van der Waals surface area (Å²) in [5, 5.41) is 17.5. The first-order valence-electron chi connectivity index (χ1n) is 7.90. The Bertz CT molecular complexity index is 730. The Morgan fingerprint density at radius 3 is 2.91 bits per heavy atom. The second-order valence-corrected chi connectivity index (χ2v) is 7.04. The van der Waals surface area contributed by atoms with Crippen molar-refractivity contribution in [1.29, 1.82) is 0 Å². The highest BCUT2D eigenvalue weighted by molar-refractivity contribution is 9.10. The monoisotopic (exact) mass is 377 g/mol. The van der Waals surface area contributed by atoms with Crippen LogP contribution in [0.5, 0.6) is 0 Å². The van der Waals surface area contributed by atoms with E-state index in [0.29, 0.717) is 18.4 Å². The maximum Gasteiger partial charge on any atom is 0.241 e. The minimum atomic E-state index is -0.165. The van der Waals surface area contributed by atoms with Crippen LogP contribution in [0.4, 0.5) is 5.95 Å². The van der Waals surface area contributed by atoms with E-state index in [9.17, 15) is 5.11 Å². The van der Waals surface area contributed by atoms with E-state index >= 15 is 0 Å². The van der Waals surface area contributed by atoms with Crippen molar-refractivity contribution in [2.24, 2.45) is 0 Å². The number of nitrogens with one attached hydrogen (secondary N) is 1. The average Bonchev–Trinajstić information content (AvgIpc) is 2.85. The molecule has 1 aliphatic rings. The van der Waals surface area contributed by atoms with Crippen LogP contribution in [-0.4, -0.2) is 38.4 Å². The van der Waals surface area contributed by atoms with Crippen molar-refractivity contribution in [3.63, 3.8) is 0 Å². The third-order valence-electron chi connectivity index (χ3n) is 4.35. The standard InChI is InChI=1S/C16H20BrN5O/c1-10(8-18-2)20-16-19-9-15-13(17)7-14(22(15)21-16)11-3-5-12(23)6-4-11/h7,9-12,23H,3-6,8H2,1H3,(H,20,21)/t10-,11?,12?/m0/s1. The van der Waals surface area contributed by atoms with Gasteiger partial charge < -0.3 is 15.3 Å². The number of fused-ring (bicyclic) bond motifs is 1. The maximum atomic E-state index is 9.71. The summed E-state index contributed by atoms with van der Waals surface area (Å²) in [6.07, 6.45) is 5.26. The van der Waals surface area contributed by atoms with Gasteiger partial charge in [0.2, 0.25) is 12.5 Å². The van der Waals surface area contributed by atoms with E-state index in [1.807, 2.05) is 11.4 Å². The van der Waals surface area contributed by atoms with Gasteiger partial charge in [-0.1, -0.05) is 0 Å². The molecule has 0 amide bonds. The summed E-state index contributed by atoms with van der Waals surface area (Å²) in [7, 11) is 0. The molecule has 2 heterocycles. The molecule has 1 saturated carbocycles. The Balaban J connectivity index is 1.90. The van der Waals surface area contributed by atoms with Gasteiger partial charge in [-0.05, 0) is 54.6 Å². The molecule has 3 rings (SSSR count). The number of rotatable bonds is 4. The molecule has 0 spiro atoms. The summed E-state index contributed by atoms with van der Waals surface area (Å²) in [5.41, 5.74) is 2.09. The van der Waals surface area contributed by atoms with E-state index in [-0.39, 0.29) is 12.1 Å². The number of aromatic nitrogens is 3.